The van der Waals surface area contributed by atoms with Crippen LogP contribution in [0.1, 0.15) is 33.1 Å². The molecule has 0 spiro atoms. The van der Waals surface area contributed by atoms with E-state index in [1.165, 1.54) is 4.90 Å². The van der Waals surface area contributed by atoms with Gasteiger partial charge in [-0.2, -0.15) is 0 Å². The molecule has 1 saturated carbocycles. The molecule has 0 heterocycles. The van der Waals surface area contributed by atoms with E-state index in [0.29, 0.717) is 19.4 Å². The maximum Gasteiger partial charge on any atom is 0.329 e. The Morgan fingerprint density at radius 3 is 2.64 bits per heavy atom. The molecule has 80 valence electrons. The van der Waals surface area contributed by atoms with Crippen LogP contribution in [0.4, 0.5) is 0 Å². The summed E-state index contributed by atoms with van der Waals surface area (Å²) in [4.78, 5) is 23.6. The third kappa shape index (κ3) is 1.38. The number of carbonyl (C=O) groups excluding carboxylic acids is 1. The van der Waals surface area contributed by atoms with Gasteiger partial charge in [-0.05, 0) is 25.7 Å². The average molecular weight is 199 g/mol. The van der Waals surface area contributed by atoms with Crippen LogP contribution in [0, 0.1) is 5.92 Å². The monoisotopic (exact) mass is 199 g/mol. The van der Waals surface area contributed by atoms with Crippen molar-refractivity contribution in [2.45, 2.75) is 38.6 Å². The number of nitrogens with zero attached hydrogens (tertiary/aromatic N) is 1. The number of aliphatic carboxylic acids is 1. The van der Waals surface area contributed by atoms with Gasteiger partial charge in [-0.3, -0.25) is 4.79 Å². The molecule has 1 N–H and O–H groups in total. The van der Waals surface area contributed by atoms with Crippen molar-refractivity contribution in [3.8, 4) is 0 Å². The van der Waals surface area contributed by atoms with E-state index >= 15 is 0 Å². The van der Waals surface area contributed by atoms with Crippen molar-refractivity contribution < 1.29 is 14.7 Å². The summed E-state index contributed by atoms with van der Waals surface area (Å²) in [5, 5.41) is 9.27. The third-order valence-corrected chi connectivity index (χ3v) is 3.36. The molecule has 0 radical (unpaired) electrons. The molecule has 1 fully saturated rings. The molecule has 1 rings (SSSR count). The lowest BCUT2D eigenvalue weighted by atomic mass is 9.87. The average Bonchev–Trinajstić information content (AvgIpc) is 2.51. The molecule has 0 aromatic carbocycles. The minimum atomic E-state index is -0.948. The molecule has 0 aliphatic heterocycles. The molecule has 0 bridgehead atoms. The fraction of sp³-hybridized carbons (Fsp3) is 0.800. The zero-order chi connectivity index (χ0) is 10.8. The first kappa shape index (κ1) is 11.0. The molecule has 14 heavy (non-hydrogen) atoms. The highest BCUT2D eigenvalue weighted by Gasteiger charge is 2.50. The van der Waals surface area contributed by atoms with Gasteiger partial charge >= 0.3 is 5.97 Å². The van der Waals surface area contributed by atoms with Crippen LogP contribution in [0.5, 0.6) is 0 Å². The van der Waals surface area contributed by atoms with Gasteiger partial charge in [0.1, 0.15) is 5.54 Å². The zero-order valence-corrected chi connectivity index (χ0v) is 8.69. The Bertz CT molecular complexity index is 242. The van der Waals surface area contributed by atoms with Gasteiger partial charge in [-0.1, -0.05) is 13.3 Å². The van der Waals surface area contributed by atoms with Gasteiger partial charge in [0.25, 0.3) is 0 Å². The van der Waals surface area contributed by atoms with Crippen LogP contribution in [-0.2, 0) is 9.59 Å². The lowest BCUT2D eigenvalue weighted by molar-refractivity contribution is -0.157. The fourth-order valence-electron chi connectivity index (χ4n) is 2.48. The van der Waals surface area contributed by atoms with Crippen molar-refractivity contribution in [1.29, 1.82) is 0 Å². The third-order valence-electron chi connectivity index (χ3n) is 3.36. The van der Waals surface area contributed by atoms with Crippen molar-refractivity contribution in [3.63, 3.8) is 0 Å². The molecule has 1 aliphatic rings. The Morgan fingerprint density at radius 1 is 1.71 bits per heavy atom. The second-order valence-corrected chi connectivity index (χ2v) is 3.91. The van der Waals surface area contributed by atoms with Crippen LogP contribution < -0.4 is 0 Å². The van der Waals surface area contributed by atoms with Gasteiger partial charge in [0.2, 0.25) is 6.41 Å². The van der Waals surface area contributed by atoms with E-state index in [4.69, 9.17) is 0 Å². The van der Waals surface area contributed by atoms with E-state index < -0.39 is 11.5 Å². The first-order valence-electron chi connectivity index (χ1n) is 5.05. The van der Waals surface area contributed by atoms with Crippen LogP contribution in [0.25, 0.3) is 0 Å². The van der Waals surface area contributed by atoms with Crippen molar-refractivity contribution in [3.05, 3.63) is 0 Å². The van der Waals surface area contributed by atoms with Gasteiger partial charge in [-0.15, -0.1) is 0 Å². The number of hydrogen-bond donors (Lipinski definition) is 1. The number of amides is 1. The molecule has 0 aromatic rings. The summed E-state index contributed by atoms with van der Waals surface area (Å²) in [7, 11) is 0. The van der Waals surface area contributed by atoms with Crippen molar-refractivity contribution in [1.82, 2.24) is 4.90 Å². The van der Waals surface area contributed by atoms with Crippen LogP contribution >= 0.6 is 0 Å². The van der Waals surface area contributed by atoms with Gasteiger partial charge < -0.3 is 10.0 Å². The van der Waals surface area contributed by atoms with Crippen LogP contribution in [0.15, 0.2) is 0 Å². The Balaban J connectivity index is 3.02. The summed E-state index contributed by atoms with van der Waals surface area (Å²) < 4.78 is 0. The Morgan fingerprint density at radius 2 is 2.36 bits per heavy atom. The number of hydrogen-bond acceptors (Lipinski definition) is 2. The summed E-state index contributed by atoms with van der Waals surface area (Å²) in [6.45, 7) is 4.18. The van der Waals surface area contributed by atoms with Crippen LogP contribution in [0.2, 0.25) is 0 Å². The number of carboxylic acid groups (broad SMARTS) is 1. The van der Waals surface area contributed by atoms with Crippen molar-refractivity contribution >= 4 is 12.4 Å². The maximum absolute atomic E-state index is 11.3. The maximum atomic E-state index is 11.3. The summed E-state index contributed by atoms with van der Waals surface area (Å²) in [6, 6.07) is 0. The summed E-state index contributed by atoms with van der Waals surface area (Å²) in [5.41, 5.74) is -0.948. The molecule has 1 aliphatic carbocycles. The van der Waals surface area contributed by atoms with E-state index in [9.17, 15) is 14.7 Å². The summed E-state index contributed by atoms with van der Waals surface area (Å²) in [5.74, 6) is -0.818. The number of carbonyl (C=O) groups is 2. The fourth-order valence-corrected chi connectivity index (χ4v) is 2.48. The Labute approximate surface area is 83.9 Å². The molecule has 2 unspecified atom stereocenters. The van der Waals surface area contributed by atoms with E-state index in [-0.39, 0.29) is 5.92 Å². The number of likely N-dealkylation sites (N-methyl/N-ethyl adjacent to an activating group) is 1. The van der Waals surface area contributed by atoms with Gasteiger partial charge in [-0.25, -0.2) is 4.79 Å². The first-order chi connectivity index (χ1) is 6.59. The molecule has 2 atom stereocenters. The number of rotatable bonds is 4. The molecule has 4 nitrogen and oxygen atoms in total. The molecule has 0 aromatic heterocycles. The zero-order valence-electron chi connectivity index (χ0n) is 8.69. The topological polar surface area (TPSA) is 57.6 Å². The highest BCUT2D eigenvalue weighted by atomic mass is 16.4. The second kappa shape index (κ2) is 3.98. The lowest BCUT2D eigenvalue weighted by Crippen LogP contribution is -2.55. The Kier molecular flexibility index (Phi) is 3.13. The predicted molar refractivity (Wildman–Crippen MR) is 51.8 cm³/mol. The van der Waals surface area contributed by atoms with Crippen molar-refractivity contribution in [2.75, 3.05) is 6.54 Å². The molecular weight excluding hydrogens is 182 g/mol. The van der Waals surface area contributed by atoms with E-state index in [2.05, 4.69) is 0 Å². The van der Waals surface area contributed by atoms with Gasteiger partial charge in [0.05, 0.1) is 0 Å². The lowest BCUT2D eigenvalue weighted by Gasteiger charge is -2.37. The number of carboxylic acids is 1. The summed E-state index contributed by atoms with van der Waals surface area (Å²) in [6.07, 6.45) is 3.01. The molecule has 0 saturated heterocycles. The minimum absolute atomic E-state index is 0.0464. The van der Waals surface area contributed by atoms with E-state index in [0.717, 1.165) is 12.8 Å². The first-order valence-corrected chi connectivity index (χ1v) is 5.05. The normalized spacial score (nSPS) is 31.4. The van der Waals surface area contributed by atoms with E-state index in [1.54, 1.807) is 0 Å². The van der Waals surface area contributed by atoms with Gasteiger partial charge in [0.15, 0.2) is 0 Å². The highest BCUT2D eigenvalue weighted by Crippen LogP contribution is 2.39. The smallest absolute Gasteiger partial charge is 0.329 e. The highest BCUT2D eigenvalue weighted by molar-refractivity contribution is 5.82. The SMILES string of the molecule is CCN(C=O)C1(C(=O)O)CCCC1C. The standard InChI is InChI=1S/C10H17NO3/c1-3-11(7-12)10(9(13)14)6-4-5-8(10)2/h7-8H,3-6H2,1-2H3,(H,13,14). The Hall–Kier alpha value is -1.06. The predicted octanol–water partition coefficient (Wildman–Crippen LogP) is 1.11. The van der Waals surface area contributed by atoms with Crippen molar-refractivity contribution in [2.24, 2.45) is 5.92 Å². The molecular formula is C10H17NO3. The largest absolute Gasteiger partial charge is 0.479 e. The second-order valence-electron chi connectivity index (χ2n) is 3.91. The quantitative estimate of drug-likeness (QED) is 0.690. The minimum Gasteiger partial charge on any atom is -0.479 e. The van der Waals surface area contributed by atoms with Gasteiger partial charge in [0, 0.05) is 6.54 Å². The molecule has 1 amide bonds. The summed E-state index contributed by atoms with van der Waals surface area (Å²) >= 11 is 0. The molecule has 4 heteroatoms. The van der Waals surface area contributed by atoms with Crippen LogP contribution in [-0.4, -0.2) is 34.5 Å². The van der Waals surface area contributed by atoms with Crippen LogP contribution in [0.3, 0.4) is 0 Å². The van der Waals surface area contributed by atoms with E-state index in [1.807, 2.05) is 13.8 Å².